The summed E-state index contributed by atoms with van der Waals surface area (Å²) < 4.78 is 0. The Balaban J connectivity index is 1.58. The van der Waals surface area contributed by atoms with Crippen LogP contribution >= 0.6 is 11.6 Å². The van der Waals surface area contributed by atoms with Crippen molar-refractivity contribution in [1.82, 2.24) is 15.1 Å². The molecule has 1 saturated carbocycles. The van der Waals surface area contributed by atoms with Gasteiger partial charge in [-0.1, -0.05) is 24.4 Å². The van der Waals surface area contributed by atoms with Crippen LogP contribution in [0.4, 0.5) is 10.5 Å². The molecule has 2 fully saturated rings. The third-order valence-corrected chi connectivity index (χ3v) is 5.94. The summed E-state index contributed by atoms with van der Waals surface area (Å²) in [5.74, 6) is 0.0139. The number of nitrogens with zero attached hydrogens (tertiary/aromatic N) is 2. The van der Waals surface area contributed by atoms with Gasteiger partial charge in [0.15, 0.2) is 0 Å². The SMILES string of the molecule is CC(=O)NC(C(=O)N1CCCN(C(=O)Nc2ccc(Cl)cc2)CC1)C1CCCC1. The van der Waals surface area contributed by atoms with Crippen LogP contribution in [-0.4, -0.2) is 59.9 Å². The van der Waals surface area contributed by atoms with Crippen molar-refractivity contribution in [3.63, 3.8) is 0 Å². The highest BCUT2D eigenvalue weighted by atomic mass is 35.5. The van der Waals surface area contributed by atoms with Crippen molar-refractivity contribution in [3.05, 3.63) is 29.3 Å². The molecule has 7 nitrogen and oxygen atoms in total. The van der Waals surface area contributed by atoms with Gasteiger partial charge in [-0.05, 0) is 49.4 Å². The number of urea groups is 1. The minimum absolute atomic E-state index is 0.0212. The number of anilines is 1. The lowest BCUT2D eigenvalue weighted by Gasteiger charge is -2.30. The molecule has 3 rings (SSSR count). The van der Waals surface area contributed by atoms with E-state index in [2.05, 4.69) is 10.6 Å². The molecule has 1 heterocycles. The van der Waals surface area contributed by atoms with Gasteiger partial charge in [0, 0.05) is 43.8 Å². The molecule has 0 spiro atoms. The average Bonchev–Trinajstić information content (AvgIpc) is 3.11. The standard InChI is InChI=1S/C21H29ClN4O3/c1-15(27)23-19(16-5-2-3-6-16)20(28)25-11-4-12-26(14-13-25)21(29)24-18-9-7-17(22)8-10-18/h7-10,16,19H,2-6,11-14H2,1H3,(H,23,27)(H,24,29). The fourth-order valence-corrected chi connectivity index (χ4v) is 4.29. The second-order valence-electron chi connectivity index (χ2n) is 7.83. The van der Waals surface area contributed by atoms with Crippen LogP contribution in [0, 0.1) is 5.92 Å². The monoisotopic (exact) mass is 420 g/mol. The molecule has 2 aliphatic rings. The number of amides is 4. The fourth-order valence-electron chi connectivity index (χ4n) is 4.16. The van der Waals surface area contributed by atoms with Crippen molar-refractivity contribution < 1.29 is 14.4 Å². The lowest BCUT2D eigenvalue weighted by molar-refractivity contribution is -0.137. The summed E-state index contributed by atoms with van der Waals surface area (Å²) in [6.07, 6.45) is 4.86. The normalized spacial score (nSPS) is 18.8. The van der Waals surface area contributed by atoms with E-state index in [0.717, 1.165) is 25.7 Å². The van der Waals surface area contributed by atoms with Crippen molar-refractivity contribution in [1.29, 1.82) is 0 Å². The molecule has 1 saturated heterocycles. The van der Waals surface area contributed by atoms with E-state index >= 15 is 0 Å². The van der Waals surface area contributed by atoms with Crippen molar-refractivity contribution >= 4 is 35.1 Å². The molecule has 1 aromatic carbocycles. The Hall–Kier alpha value is -2.28. The lowest BCUT2D eigenvalue weighted by atomic mass is 9.96. The van der Waals surface area contributed by atoms with Crippen LogP contribution in [0.15, 0.2) is 24.3 Å². The van der Waals surface area contributed by atoms with Crippen LogP contribution in [-0.2, 0) is 9.59 Å². The molecule has 4 amide bonds. The Kier molecular flexibility index (Phi) is 7.36. The zero-order valence-corrected chi connectivity index (χ0v) is 17.6. The molecule has 1 unspecified atom stereocenters. The van der Waals surface area contributed by atoms with Gasteiger partial charge in [-0.25, -0.2) is 4.79 Å². The Morgan fingerprint density at radius 2 is 1.59 bits per heavy atom. The van der Waals surface area contributed by atoms with E-state index in [1.54, 1.807) is 34.1 Å². The summed E-state index contributed by atoms with van der Waals surface area (Å²) >= 11 is 5.88. The van der Waals surface area contributed by atoms with Gasteiger partial charge in [0.2, 0.25) is 11.8 Å². The van der Waals surface area contributed by atoms with Gasteiger partial charge in [0.05, 0.1) is 0 Å². The molecule has 1 aliphatic carbocycles. The topological polar surface area (TPSA) is 81.8 Å². The second kappa shape index (κ2) is 9.96. The average molecular weight is 421 g/mol. The second-order valence-corrected chi connectivity index (χ2v) is 8.26. The van der Waals surface area contributed by atoms with Gasteiger partial charge in [0.1, 0.15) is 6.04 Å². The first-order chi connectivity index (χ1) is 13.9. The number of halogens is 1. The molecular formula is C21H29ClN4O3. The minimum atomic E-state index is -0.454. The smallest absolute Gasteiger partial charge is 0.321 e. The maximum Gasteiger partial charge on any atom is 0.321 e. The molecule has 1 aromatic rings. The Morgan fingerprint density at radius 3 is 2.24 bits per heavy atom. The van der Waals surface area contributed by atoms with E-state index in [1.165, 1.54) is 6.92 Å². The summed E-state index contributed by atoms with van der Waals surface area (Å²) in [7, 11) is 0. The highest BCUT2D eigenvalue weighted by Crippen LogP contribution is 2.29. The van der Waals surface area contributed by atoms with Gasteiger partial charge >= 0.3 is 6.03 Å². The van der Waals surface area contributed by atoms with Gasteiger partial charge in [-0.15, -0.1) is 0 Å². The quantitative estimate of drug-likeness (QED) is 0.785. The maximum atomic E-state index is 13.2. The summed E-state index contributed by atoms with van der Waals surface area (Å²) in [5.41, 5.74) is 0.684. The largest absolute Gasteiger partial charge is 0.344 e. The molecule has 1 aliphatic heterocycles. The van der Waals surface area contributed by atoms with E-state index in [0.29, 0.717) is 43.3 Å². The Morgan fingerprint density at radius 1 is 0.966 bits per heavy atom. The van der Waals surface area contributed by atoms with Crippen LogP contribution in [0.3, 0.4) is 0 Å². The van der Waals surface area contributed by atoms with Gasteiger partial charge in [0.25, 0.3) is 0 Å². The summed E-state index contributed by atoms with van der Waals surface area (Å²) in [5, 5.41) is 6.36. The molecule has 158 valence electrons. The molecular weight excluding hydrogens is 392 g/mol. The highest BCUT2D eigenvalue weighted by molar-refractivity contribution is 6.30. The van der Waals surface area contributed by atoms with Crippen molar-refractivity contribution in [3.8, 4) is 0 Å². The fraction of sp³-hybridized carbons (Fsp3) is 0.571. The van der Waals surface area contributed by atoms with E-state index in [-0.39, 0.29) is 23.8 Å². The lowest BCUT2D eigenvalue weighted by Crippen LogP contribution is -2.52. The summed E-state index contributed by atoms with van der Waals surface area (Å²) in [6, 6.07) is 6.33. The number of nitrogens with one attached hydrogen (secondary N) is 2. The maximum absolute atomic E-state index is 13.2. The van der Waals surface area contributed by atoms with Gasteiger partial charge in [-0.2, -0.15) is 0 Å². The van der Waals surface area contributed by atoms with Gasteiger partial charge < -0.3 is 20.4 Å². The molecule has 8 heteroatoms. The molecule has 0 bridgehead atoms. The third-order valence-electron chi connectivity index (χ3n) is 5.69. The molecule has 0 radical (unpaired) electrons. The number of carbonyl (C=O) groups is 3. The van der Waals surface area contributed by atoms with E-state index in [9.17, 15) is 14.4 Å². The van der Waals surface area contributed by atoms with Crippen LogP contribution in [0.1, 0.15) is 39.0 Å². The molecule has 0 aromatic heterocycles. The summed E-state index contributed by atoms with van der Waals surface area (Å²) in [6.45, 7) is 3.56. The van der Waals surface area contributed by atoms with E-state index in [1.807, 2.05) is 0 Å². The molecule has 29 heavy (non-hydrogen) atoms. The highest BCUT2D eigenvalue weighted by Gasteiger charge is 2.35. The van der Waals surface area contributed by atoms with Crippen LogP contribution in [0.25, 0.3) is 0 Å². The number of carbonyl (C=O) groups excluding carboxylic acids is 3. The Bertz CT molecular complexity index is 734. The Labute approximate surface area is 176 Å². The molecule has 2 N–H and O–H groups in total. The minimum Gasteiger partial charge on any atom is -0.344 e. The first-order valence-corrected chi connectivity index (χ1v) is 10.7. The first-order valence-electron chi connectivity index (χ1n) is 10.3. The van der Waals surface area contributed by atoms with Crippen molar-refractivity contribution in [2.75, 3.05) is 31.5 Å². The predicted octanol–water partition coefficient (Wildman–Crippen LogP) is 3.10. The van der Waals surface area contributed by atoms with E-state index in [4.69, 9.17) is 11.6 Å². The van der Waals surface area contributed by atoms with Crippen LogP contribution in [0.5, 0.6) is 0 Å². The zero-order chi connectivity index (χ0) is 20.8. The van der Waals surface area contributed by atoms with Crippen molar-refractivity contribution in [2.24, 2.45) is 5.92 Å². The molecule has 1 atom stereocenters. The number of benzene rings is 1. The predicted molar refractivity (Wildman–Crippen MR) is 113 cm³/mol. The summed E-state index contributed by atoms with van der Waals surface area (Å²) in [4.78, 5) is 40.9. The number of hydrogen-bond acceptors (Lipinski definition) is 3. The van der Waals surface area contributed by atoms with Crippen LogP contribution < -0.4 is 10.6 Å². The number of rotatable bonds is 4. The van der Waals surface area contributed by atoms with Gasteiger partial charge in [-0.3, -0.25) is 9.59 Å². The van der Waals surface area contributed by atoms with Crippen molar-refractivity contribution in [2.45, 2.75) is 45.1 Å². The van der Waals surface area contributed by atoms with Crippen LogP contribution in [0.2, 0.25) is 5.02 Å². The third kappa shape index (κ3) is 5.85. The first kappa shape index (κ1) is 21.4. The number of hydrogen-bond donors (Lipinski definition) is 2. The zero-order valence-electron chi connectivity index (χ0n) is 16.8. The van der Waals surface area contributed by atoms with E-state index < -0.39 is 6.04 Å².